The first-order chi connectivity index (χ1) is 5.77. The summed E-state index contributed by atoms with van der Waals surface area (Å²) >= 11 is 0. The maximum atomic E-state index is 10.9. The molecule has 0 saturated carbocycles. The molecule has 0 spiro atoms. The van der Waals surface area contributed by atoms with Gasteiger partial charge in [0.2, 0.25) is 0 Å². The Morgan fingerprint density at radius 2 is 1.85 bits per heavy atom. The van der Waals surface area contributed by atoms with Gasteiger partial charge in [-0.15, -0.1) is 0 Å². The van der Waals surface area contributed by atoms with E-state index in [0.717, 1.165) is 0 Å². The fraction of sp³-hybridized carbons (Fsp3) is 0.800. The highest BCUT2D eigenvalue weighted by Crippen LogP contribution is 2.17. The number of hydrogen-bond acceptors (Lipinski definition) is 3. The van der Waals surface area contributed by atoms with Gasteiger partial charge in [0.1, 0.15) is 11.4 Å². The number of Topliss-reactive ketones (excluding diaryl/α,β-unsaturated/α-hetero) is 2. The minimum atomic E-state index is -1.27. The second kappa shape index (κ2) is 4.51. The van der Waals surface area contributed by atoms with Crippen LogP contribution < -0.4 is 0 Å². The molecule has 0 aromatic rings. The first-order valence-electron chi connectivity index (χ1n) is 4.51. The molecule has 0 aliphatic heterocycles. The van der Waals surface area contributed by atoms with Gasteiger partial charge in [-0.25, -0.2) is 0 Å². The normalized spacial score (nSPS) is 17.6. The number of aliphatic hydroxyl groups is 1. The van der Waals surface area contributed by atoms with Crippen LogP contribution in [0.5, 0.6) is 0 Å². The lowest BCUT2D eigenvalue weighted by molar-refractivity contribution is -0.134. The first-order valence-corrected chi connectivity index (χ1v) is 4.51. The van der Waals surface area contributed by atoms with Crippen LogP contribution >= 0.6 is 0 Å². The van der Waals surface area contributed by atoms with Crippen LogP contribution in [0, 0.1) is 5.92 Å². The third-order valence-corrected chi connectivity index (χ3v) is 2.52. The lowest BCUT2D eigenvalue weighted by atomic mass is 9.90. The van der Waals surface area contributed by atoms with Gasteiger partial charge in [-0.05, 0) is 33.6 Å². The summed E-state index contributed by atoms with van der Waals surface area (Å²) in [6.07, 6.45) is 0.908. The van der Waals surface area contributed by atoms with E-state index in [1.165, 1.54) is 20.8 Å². The Kier molecular flexibility index (Phi) is 4.27. The zero-order chi connectivity index (χ0) is 10.6. The van der Waals surface area contributed by atoms with Gasteiger partial charge in [-0.3, -0.25) is 9.59 Å². The average molecular weight is 186 g/mol. The fourth-order valence-electron chi connectivity index (χ4n) is 0.877. The van der Waals surface area contributed by atoms with Crippen LogP contribution in [0.15, 0.2) is 0 Å². The second-order valence-corrected chi connectivity index (χ2v) is 3.88. The van der Waals surface area contributed by atoms with Gasteiger partial charge in [0, 0.05) is 5.92 Å². The molecule has 76 valence electrons. The summed E-state index contributed by atoms with van der Waals surface area (Å²) in [5, 5.41) is 9.56. The third kappa shape index (κ3) is 4.18. The van der Waals surface area contributed by atoms with Crippen LogP contribution in [-0.4, -0.2) is 22.3 Å². The fourth-order valence-corrected chi connectivity index (χ4v) is 0.877. The SMILES string of the molecule is CC(=O)C(C)CCC(C)(O)C(C)=O. The maximum absolute atomic E-state index is 10.9. The topological polar surface area (TPSA) is 54.4 Å². The molecule has 2 unspecified atom stereocenters. The number of ketones is 2. The highest BCUT2D eigenvalue weighted by molar-refractivity contribution is 5.84. The zero-order valence-corrected chi connectivity index (χ0v) is 8.76. The van der Waals surface area contributed by atoms with Crippen molar-refractivity contribution in [2.75, 3.05) is 0 Å². The minimum Gasteiger partial charge on any atom is -0.382 e. The Bertz CT molecular complexity index is 206. The Morgan fingerprint density at radius 3 is 2.15 bits per heavy atom. The molecule has 0 aliphatic carbocycles. The van der Waals surface area contributed by atoms with Crippen molar-refractivity contribution in [3.05, 3.63) is 0 Å². The Morgan fingerprint density at radius 1 is 1.38 bits per heavy atom. The van der Waals surface area contributed by atoms with Crippen LogP contribution in [0.4, 0.5) is 0 Å². The molecule has 13 heavy (non-hydrogen) atoms. The quantitative estimate of drug-likeness (QED) is 0.704. The number of hydrogen-bond donors (Lipinski definition) is 1. The molecule has 0 rings (SSSR count). The zero-order valence-electron chi connectivity index (χ0n) is 8.76. The number of carbonyl (C=O) groups is 2. The first kappa shape index (κ1) is 12.3. The van der Waals surface area contributed by atoms with Gasteiger partial charge in [0.25, 0.3) is 0 Å². The lowest BCUT2D eigenvalue weighted by Crippen LogP contribution is -2.33. The van der Waals surface area contributed by atoms with Crippen molar-refractivity contribution < 1.29 is 14.7 Å². The molecule has 0 amide bonds. The molecule has 0 heterocycles. The van der Waals surface area contributed by atoms with Crippen molar-refractivity contribution in [1.82, 2.24) is 0 Å². The van der Waals surface area contributed by atoms with E-state index in [2.05, 4.69) is 0 Å². The molecule has 0 radical (unpaired) electrons. The Balaban J connectivity index is 4.02. The summed E-state index contributed by atoms with van der Waals surface area (Å²) in [6.45, 7) is 6.17. The van der Waals surface area contributed by atoms with Gasteiger partial charge >= 0.3 is 0 Å². The van der Waals surface area contributed by atoms with E-state index >= 15 is 0 Å². The monoisotopic (exact) mass is 186 g/mol. The largest absolute Gasteiger partial charge is 0.382 e. The van der Waals surface area contributed by atoms with Gasteiger partial charge < -0.3 is 5.11 Å². The molecule has 0 aromatic heterocycles. The minimum absolute atomic E-state index is 0.0779. The summed E-state index contributed by atoms with van der Waals surface area (Å²) in [7, 11) is 0. The van der Waals surface area contributed by atoms with E-state index in [1.807, 2.05) is 0 Å². The molecule has 1 N–H and O–H groups in total. The van der Waals surface area contributed by atoms with Gasteiger partial charge in [0.05, 0.1) is 0 Å². The third-order valence-electron chi connectivity index (χ3n) is 2.52. The van der Waals surface area contributed by atoms with Crippen LogP contribution in [0.25, 0.3) is 0 Å². The molecular formula is C10H18O3. The molecule has 0 bridgehead atoms. The molecule has 0 fully saturated rings. The summed E-state index contributed by atoms with van der Waals surface area (Å²) in [5.74, 6) is -0.228. The van der Waals surface area contributed by atoms with Crippen molar-refractivity contribution in [1.29, 1.82) is 0 Å². The molecule has 2 atom stereocenters. The number of rotatable bonds is 5. The van der Waals surface area contributed by atoms with E-state index in [9.17, 15) is 14.7 Å². The summed E-state index contributed by atoms with van der Waals surface area (Å²) in [5.41, 5.74) is -1.27. The van der Waals surface area contributed by atoms with E-state index in [4.69, 9.17) is 0 Å². The summed E-state index contributed by atoms with van der Waals surface area (Å²) < 4.78 is 0. The highest BCUT2D eigenvalue weighted by atomic mass is 16.3. The van der Waals surface area contributed by atoms with Gasteiger partial charge in [-0.2, -0.15) is 0 Å². The molecule has 3 nitrogen and oxygen atoms in total. The Labute approximate surface area is 79.1 Å². The van der Waals surface area contributed by atoms with Crippen molar-refractivity contribution in [3.8, 4) is 0 Å². The highest BCUT2D eigenvalue weighted by Gasteiger charge is 2.26. The molecule has 0 aromatic carbocycles. The van der Waals surface area contributed by atoms with Crippen molar-refractivity contribution >= 4 is 11.6 Å². The second-order valence-electron chi connectivity index (χ2n) is 3.88. The van der Waals surface area contributed by atoms with Crippen molar-refractivity contribution in [2.45, 2.75) is 46.1 Å². The van der Waals surface area contributed by atoms with Crippen LogP contribution in [0.1, 0.15) is 40.5 Å². The molecule has 0 saturated heterocycles. The smallest absolute Gasteiger partial charge is 0.160 e. The van der Waals surface area contributed by atoms with E-state index in [0.29, 0.717) is 12.8 Å². The summed E-state index contributed by atoms with van der Waals surface area (Å²) in [6, 6.07) is 0. The predicted octanol–water partition coefficient (Wildman–Crippen LogP) is 1.33. The molecule has 3 heteroatoms. The Hall–Kier alpha value is -0.700. The van der Waals surface area contributed by atoms with Crippen molar-refractivity contribution in [3.63, 3.8) is 0 Å². The van der Waals surface area contributed by atoms with E-state index in [1.54, 1.807) is 6.92 Å². The van der Waals surface area contributed by atoms with Gasteiger partial charge in [-0.1, -0.05) is 6.92 Å². The maximum Gasteiger partial charge on any atom is 0.160 e. The van der Waals surface area contributed by atoms with E-state index in [-0.39, 0.29) is 17.5 Å². The number of carbonyl (C=O) groups excluding carboxylic acids is 2. The lowest BCUT2D eigenvalue weighted by Gasteiger charge is -2.20. The predicted molar refractivity (Wildman–Crippen MR) is 50.4 cm³/mol. The van der Waals surface area contributed by atoms with Crippen LogP contribution in [0.3, 0.4) is 0 Å². The van der Waals surface area contributed by atoms with Gasteiger partial charge in [0.15, 0.2) is 5.78 Å². The standard InChI is InChI=1S/C10H18O3/c1-7(8(2)11)5-6-10(4,13)9(3)12/h7,13H,5-6H2,1-4H3. The van der Waals surface area contributed by atoms with Crippen LogP contribution in [-0.2, 0) is 9.59 Å². The van der Waals surface area contributed by atoms with Crippen LogP contribution in [0.2, 0.25) is 0 Å². The molecule has 0 aliphatic rings. The summed E-state index contributed by atoms with van der Waals surface area (Å²) in [4.78, 5) is 21.8. The average Bonchev–Trinajstić information content (AvgIpc) is 1.99. The van der Waals surface area contributed by atoms with E-state index < -0.39 is 5.60 Å². The molecular weight excluding hydrogens is 168 g/mol. The van der Waals surface area contributed by atoms with Crippen molar-refractivity contribution in [2.24, 2.45) is 5.92 Å².